The third kappa shape index (κ3) is 3.63. The molecule has 1 aromatic carbocycles. The van der Waals surface area contributed by atoms with Gasteiger partial charge in [0.15, 0.2) is 5.92 Å². The van der Waals surface area contributed by atoms with E-state index in [0.717, 1.165) is 6.07 Å². The summed E-state index contributed by atoms with van der Waals surface area (Å²) in [5.41, 5.74) is 5.18. The predicted octanol–water partition coefficient (Wildman–Crippen LogP) is 0.354. The Morgan fingerprint density at radius 3 is 2.28 bits per heavy atom. The summed E-state index contributed by atoms with van der Waals surface area (Å²) in [6, 6.07) is 4.20. The molecule has 2 aliphatic rings. The minimum absolute atomic E-state index is 0.135. The molecule has 0 radical (unpaired) electrons. The molecule has 3 N–H and O–H groups in total. The van der Waals surface area contributed by atoms with Gasteiger partial charge in [0.2, 0.25) is 5.91 Å². The Morgan fingerprint density at radius 1 is 1.14 bits per heavy atom. The van der Waals surface area contributed by atoms with Crippen molar-refractivity contribution in [3.8, 4) is 0 Å². The number of rotatable bonds is 4. The zero-order valence-electron chi connectivity index (χ0n) is 15.3. The van der Waals surface area contributed by atoms with Gasteiger partial charge in [-0.2, -0.15) is 4.99 Å². The number of imide groups is 1. The maximum Gasteiger partial charge on any atom is 0.349 e. The lowest BCUT2D eigenvalue weighted by Crippen LogP contribution is -2.55. The third-order valence-corrected chi connectivity index (χ3v) is 4.47. The first kappa shape index (κ1) is 19.9. The van der Waals surface area contributed by atoms with E-state index in [9.17, 15) is 29.3 Å². The van der Waals surface area contributed by atoms with Gasteiger partial charge in [-0.25, -0.2) is 4.79 Å². The second-order valence-corrected chi connectivity index (χ2v) is 6.87. The second-order valence-electron chi connectivity index (χ2n) is 6.87. The van der Waals surface area contributed by atoms with E-state index in [1.807, 2.05) is 5.32 Å². The van der Waals surface area contributed by atoms with Crippen LogP contribution in [-0.2, 0) is 23.9 Å². The average Bonchev–Trinajstić information content (AvgIpc) is 2.57. The van der Waals surface area contributed by atoms with Gasteiger partial charge in [0, 0.05) is 31.4 Å². The third-order valence-electron chi connectivity index (χ3n) is 4.47. The lowest BCUT2D eigenvalue weighted by Gasteiger charge is -2.38. The number of amides is 3. The fourth-order valence-electron chi connectivity index (χ4n) is 3.39. The van der Waals surface area contributed by atoms with Gasteiger partial charge in [0.1, 0.15) is 11.8 Å². The van der Waals surface area contributed by atoms with Gasteiger partial charge in [0.05, 0.1) is 4.92 Å². The van der Waals surface area contributed by atoms with Crippen molar-refractivity contribution in [2.45, 2.75) is 25.6 Å². The molecule has 3 amide bonds. The molecule has 12 heteroatoms. The van der Waals surface area contributed by atoms with E-state index in [-0.39, 0.29) is 5.56 Å². The molecule has 1 aromatic rings. The number of urea groups is 1. The number of hydrogen-bond donors (Lipinski definition) is 2. The molecule has 2 atom stereocenters. The van der Waals surface area contributed by atoms with Gasteiger partial charge in [-0.1, -0.05) is 18.2 Å². The number of nitro groups is 1. The molecule has 1 saturated heterocycles. The van der Waals surface area contributed by atoms with Crippen molar-refractivity contribution in [1.82, 2.24) is 5.32 Å². The first-order valence-corrected chi connectivity index (χ1v) is 8.40. The lowest BCUT2D eigenvalue weighted by atomic mass is 9.74. The maximum absolute atomic E-state index is 12.7. The summed E-state index contributed by atoms with van der Waals surface area (Å²) in [4.78, 5) is 63.6. The minimum Gasteiger partial charge on any atom is -0.422 e. The quantitative estimate of drug-likeness (QED) is 0.310. The number of nitrogens with zero attached hydrogens (tertiary/aromatic N) is 2. The van der Waals surface area contributed by atoms with E-state index >= 15 is 0 Å². The van der Waals surface area contributed by atoms with Crippen LogP contribution in [0.3, 0.4) is 0 Å². The summed E-state index contributed by atoms with van der Waals surface area (Å²) in [6.45, 7) is 2.67. The Balaban J connectivity index is 2.21. The fraction of sp³-hybridized carbons (Fsp3) is 0.353. The lowest BCUT2D eigenvalue weighted by molar-refractivity contribution is -0.385. The van der Waals surface area contributed by atoms with Gasteiger partial charge >= 0.3 is 18.0 Å². The van der Waals surface area contributed by atoms with Crippen molar-refractivity contribution in [2.75, 3.05) is 0 Å². The number of para-hydroxylation sites is 1. The molecule has 0 spiro atoms. The van der Waals surface area contributed by atoms with Crippen LogP contribution in [-0.4, -0.2) is 40.4 Å². The van der Waals surface area contributed by atoms with Gasteiger partial charge in [-0.15, -0.1) is 0 Å². The Kier molecular flexibility index (Phi) is 4.78. The molecule has 29 heavy (non-hydrogen) atoms. The number of nitrogens with one attached hydrogen (secondary N) is 1. The first-order chi connectivity index (χ1) is 13.5. The smallest absolute Gasteiger partial charge is 0.349 e. The van der Waals surface area contributed by atoms with Gasteiger partial charge < -0.3 is 15.2 Å². The molecule has 1 fully saturated rings. The zero-order valence-corrected chi connectivity index (χ0v) is 15.3. The number of amidine groups is 1. The molecule has 152 valence electrons. The number of esters is 2. The normalized spacial score (nSPS) is 22.8. The zero-order chi connectivity index (χ0) is 21.5. The van der Waals surface area contributed by atoms with Crippen LogP contribution in [0.4, 0.5) is 10.5 Å². The number of ether oxygens (including phenoxy) is 2. The minimum atomic E-state index is -1.75. The summed E-state index contributed by atoms with van der Waals surface area (Å²) in [6.07, 6.45) is 0. The van der Waals surface area contributed by atoms with E-state index < -0.39 is 63.9 Å². The van der Waals surface area contributed by atoms with Crippen LogP contribution in [0, 0.1) is 22.0 Å². The summed E-state index contributed by atoms with van der Waals surface area (Å²) in [5, 5.41) is 13.5. The first-order valence-electron chi connectivity index (χ1n) is 8.40. The maximum atomic E-state index is 12.7. The van der Waals surface area contributed by atoms with Crippen LogP contribution in [0.2, 0.25) is 0 Å². The van der Waals surface area contributed by atoms with E-state index in [1.165, 1.54) is 32.0 Å². The number of carbonyl (C=O) groups is 4. The fourth-order valence-corrected chi connectivity index (χ4v) is 3.39. The van der Waals surface area contributed by atoms with Crippen molar-refractivity contribution in [2.24, 2.45) is 22.6 Å². The van der Waals surface area contributed by atoms with E-state index in [1.54, 1.807) is 0 Å². The SMILES string of the molecule is CC1(C)OC(=O)C(C(c2ccccc2[N+](=O)[O-])C2C(=O)NC(=O)N=C2N)C(=O)O1. The van der Waals surface area contributed by atoms with Crippen LogP contribution in [0.1, 0.15) is 25.3 Å². The topological polar surface area (TPSA) is 180 Å². The number of nitro benzene ring substituents is 1. The molecule has 2 aliphatic heterocycles. The Labute approximate surface area is 163 Å². The molecular formula is C17H16N4O8. The highest BCUT2D eigenvalue weighted by atomic mass is 16.7. The molecule has 0 saturated carbocycles. The Bertz CT molecular complexity index is 950. The van der Waals surface area contributed by atoms with Gasteiger partial charge in [0.25, 0.3) is 11.5 Å². The largest absolute Gasteiger partial charge is 0.422 e. The molecule has 0 bridgehead atoms. The number of hydrogen-bond acceptors (Lipinski definition) is 9. The van der Waals surface area contributed by atoms with Gasteiger partial charge in [-0.3, -0.25) is 29.8 Å². The number of cyclic esters (lactones) is 2. The highest BCUT2D eigenvalue weighted by molar-refractivity contribution is 6.16. The number of nitrogens with two attached hydrogens (primary N) is 1. The van der Waals surface area contributed by atoms with Crippen LogP contribution < -0.4 is 11.1 Å². The summed E-state index contributed by atoms with van der Waals surface area (Å²) in [7, 11) is 0. The molecule has 2 heterocycles. The van der Waals surface area contributed by atoms with Crippen LogP contribution >= 0.6 is 0 Å². The average molecular weight is 404 g/mol. The Morgan fingerprint density at radius 2 is 1.72 bits per heavy atom. The van der Waals surface area contributed by atoms with E-state index in [2.05, 4.69) is 4.99 Å². The number of carbonyl (C=O) groups excluding carboxylic acids is 4. The second kappa shape index (κ2) is 6.96. The van der Waals surface area contributed by atoms with Crippen molar-refractivity contribution < 1.29 is 33.6 Å². The molecule has 0 aliphatic carbocycles. The predicted molar refractivity (Wildman–Crippen MR) is 94.2 cm³/mol. The van der Waals surface area contributed by atoms with Crippen LogP contribution in [0.25, 0.3) is 0 Å². The molecule has 3 rings (SSSR count). The summed E-state index contributed by atoms with van der Waals surface area (Å²) < 4.78 is 10.2. The van der Waals surface area contributed by atoms with Gasteiger partial charge in [-0.05, 0) is 0 Å². The summed E-state index contributed by atoms with van der Waals surface area (Å²) >= 11 is 0. The van der Waals surface area contributed by atoms with E-state index in [0.29, 0.717) is 0 Å². The Hall–Kier alpha value is -3.83. The van der Waals surface area contributed by atoms with Crippen LogP contribution in [0.5, 0.6) is 0 Å². The highest BCUT2D eigenvalue weighted by Gasteiger charge is 2.54. The van der Waals surface area contributed by atoms with Crippen molar-refractivity contribution in [1.29, 1.82) is 0 Å². The van der Waals surface area contributed by atoms with Crippen LogP contribution in [0.15, 0.2) is 29.3 Å². The standard InChI is InChI=1S/C17H16N4O8/c1-17(2)28-14(23)11(15(24)29-17)9(7-5-3-4-6-8(7)21(26)27)10-12(18)19-16(25)20-13(10)22/h3-6,9-11H,1-2H3,(H3,18,19,20,22,25). The van der Waals surface area contributed by atoms with Crippen molar-refractivity contribution >= 4 is 35.4 Å². The number of aliphatic imine (C=N–C) groups is 1. The summed E-state index contributed by atoms with van der Waals surface area (Å²) in [5.74, 6) is -9.88. The van der Waals surface area contributed by atoms with E-state index in [4.69, 9.17) is 15.2 Å². The molecule has 12 nitrogen and oxygen atoms in total. The number of benzene rings is 1. The molecule has 2 unspecified atom stereocenters. The highest BCUT2D eigenvalue weighted by Crippen LogP contribution is 2.42. The monoisotopic (exact) mass is 404 g/mol. The van der Waals surface area contributed by atoms with Crippen molar-refractivity contribution in [3.05, 3.63) is 39.9 Å². The molecular weight excluding hydrogens is 388 g/mol. The molecule has 0 aromatic heterocycles. The van der Waals surface area contributed by atoms with Crippen molar-refractivity contribution in [3.63, 3.8) is 0 Å².